The number of hydrogen-bond donors (Lipinski definition) is 0. The maximum absolute atomic E-state index is 6.89. The molecular formula is C35H44B2O2P2. The van der Waals surface area contributed by atoms with Crippen molar-refractivity contribution in [1.29, 1.82) is 0 Å². The minimum atomic E-state index is -2.18. The minimum absolute atomic E-state index is 0.214. The molecule has 41 heavy (non-hydrogen) atoms. The number of benzene rings is 4. The predicted molar refractivity (Wildman–Crippen MR) is 188 cm³/mol. The molecular weight excluding hydrogens is 536 g/mol. The Morgan fingerprint density at radius 1 is 0.683 bits per heavy atom. The molecule has 4 aromatic rings. The topological polar surface area (TPSA) is 18.5 Å². The third-order valence-corrected chi connectivity index (χ3v) is 20.0. The van der Waals surface area contributed by atoms with Crippen molar-refractivity contribution in [3.05, 3.63) is 121 Å². The van der Waals surface area contributed by atoms with Crippen LogP contribution in [0.25, 0.3) is 0 Å². The van der Waals surface area contributed by atoms with Crippen LogP contribution in [0.4, 0.5) is 0 Å². The third kappa shape index (κ3) is 5.62. The molecule has 1 saturated heterocycles. The van der Waals surface area contributed by atoms with Gasteiger partial charge in [0.15, 0.2) is 0 Å². The molecule has 212 valence electrons. The molecule has 1 aliphatic carbocycles. The fourth-order valence-corrected chi connectivity index (χ4v) is 17.5. The van der Waals surface area contributed by atoms with E-state index in [9.17, 15) is 0 Å². The molecule has 1 heterocycles. The van der Waals surface area contributed by atoms with E-state index in [4.69, 9.17) is 9.47 Å². The van der Waals surface area contributed by atoms with Crippen LogP contribution in [-0.2, 0) is 9.47 Å². The van der Waals surface area contributed by atoms with Gasteiger partial charge in [-0.1, -0.05) is 0 Å². The first-order valence-corrected chi connectivity index (χ1v) is 20.6. The monoisotopic (exact) mass is 580 g/mol. The Morgan fingerprint density at radius 2 is 1.12 bits per heavy atom. The van der Waals surface area contributed by atoms with Gasteiger partial charge in [-0.2, -0.15) is 0 Å². The molecule has 0 spiro atoms. The molecule has 4 atom stereocenters. The van der Waals surface area contributed by atoms with Crippen LogP contribution in [0.2, 0.25) is 0 Å². The molecule has 6 rings (SSSR count). The Labute approximate surface area is 249 Å². The van der Waals surface area contributed by atoms with Crippen LogP contribution in [0, 0.1) is 11.8 Å². The van der Waals surface area contributed by atoms with Gasteiger partial charge in [0.25, 0.3) is 0 Å². The molecule has 0 bridgehead atoms. The van der Waals surface area contributed by atoms with E-state index in [0.29, 0.717) is 17.5 Å². The molecule has 2 aliphatic rings. The zero-order chi connectivity index (χ0) is 28.5. The summed E-state index contributed by atoms with van der Waals surface area (Å²) in [4.78, 5) is 0. The predicted octanol–water partition coefficient (Wildman–Crippen LogP) is 4.43. The van der Waals surface area contributed by atoms with Gasteiger partial charge in [-0.05, 0) is 0 Å². The fourth-order valence-electron chi connectivity index (χ4n) is 8.16. The van der Waals surface area contributed by atoms with Crippen molar-refractivity contribution in [2.75, 3.05) is 12.8 Å². The van der Waals surface area contributed by atoms with Crippen LogP contribution in [-0.4, -0.2) is 45.5 Å². The van der Waals surface area contributed by atoms with Crippen molar-refractivity contribution >= 4 is 50.6 Å². The number of hydrogen-bond acceptors (Lipinski definition) is 2. The standard InChI is InChI=1S/C35H44B2O2P2/c1-35(2)38-24-23-31-32(26-40(36,27-15-7-3-8-16-27)28-17-9-4-10-18-28)34(25-33(31)39-35)41(37,29-19-11-5-12-20-29)30-21-13-6-14-22-30/h3-22,31-34,40-41H,23-26,36-37H2,1-2H3/t31-,32-,33+,34+/m1/s1. The maximum atomic E-state index is 6.89. The first-order chi connectivity index (χ1) is 19.8. The fraction of sp³-hybridized carbons (Fsp3) is 0.314. The first kappa shape index (κ1) is 28.9. The second kappa shape index (κ2) is 11.8. The van der Waals surface area contributed by atoms with E-state index >= 15 is 0 Å². The van der Waals surface area contributed by atoms with Crippen molar-refractivity contribution in [2.24, 2.45) is 11.8 Å². The van der Waals surface area contributed by atoms with E-state index in [0.717, 1.165) is 19.4 Å². The Bertz CT molecular complexity index is 1340. The van der Waals surface area contributed by atoms with Gasteiger partial charge in [-0.25, -0.2) is 0 Å². The molecule has 0 N–H and O–H groups in total. The van der Waals surface area contributed by atoms with Crippen molar-refractivity contribution in [3.8, 4) is 0 Å². The molecule has 2 fully saturated rings. The zero-order valence-electron chi connectivity index (χ0n) is 25.0. The van der Waals surface area contributed by atoms with Gasteiger partial charge in [-0.3, -0.25) is 0 Å². The third-order valence-electron chi connectivity index (χ3n) is 10.3. The van der Waals surface area contributed by atoms with Crippen LogP contribution in [0.15, 0.2) is 121 Å². The Kier molecular flexibility index (Phi) is 8.33. The van der Waals surface area contributed by atoms with Gasteiger partial charge in [0.05, 0.1) is 0 Å². The van der Waals surface area contributed by atoms with E-state index in [-0.39, 0.29) is 6.10 Å². The molecule has 0 amide bonds. The summed E-state index contributed by atoms with van der Waals surface area (Å²) in [5.41, 5.74) is 0.565. The van der Waals surface area contributed by atoms with Crippen LogP contribution < -0.4 is 21.2 Å². The Morgan fingerprint density at radius 3 is 1.59 bits per heavy atom. The summed E-state index contributed by atoms with van der Waals surface area (Å²) in [6.07, 6.45) is 3.60. The van der Waals surface area contributed by atoms with Gasteiger partial charge in [0, 0.05) is 0 Å². The molecule has 0 aromatic heterocycles. The van der Waals surface area contributed by atoms with Gasteiger partial charge in [0.1, 0.15) is 0 Å². The van der Waals surface area contributed by atoms with E-state index in [1.165, 1.54) is 27.4 Å². The SMILES string of the molecule is B[PH](C[C@@H]1[C@H]2CCOC(C)(C)O[C@H]2C[C@@H]1[PH](B)(c1ccccc1)c1ccccc1)(c1ccccc1)c1ccccc1. The van der Waals surface area contributed by atoms with Gasteiger partial charge in [-0.15, -0.1) is 0 Å². The zero-order valence-corrected chi connectivity index (χ0v) is 27.0. The summed E-state index contributed by atoms with van der Waals surface area (Å²) in [6, 6.07) is 45.7. The summed E-state index contributed by atoms with van der Waals surface area (Å²) in [7, 11) is 0.985. The molecule has 1 aliphatic heterocycles. The molecule has 6 heteroatoms. The summed E-state index contributed by atoms with van der Waals surface area (Å²) in [5.74, 6) is 0.488. The van der Waals surface area contributed by atoms with E-state index in [2.05, 4.69) is 150 Å². The molecule has 1 saturated carbocycles. The van der Waals surface area contributed by atoms with Crippen molar-refractivity contribution < 1.29 is 9.47 Å². The second-order valence-electron chi connectivity index (χ2n) is 13.1. The number of fused-ring (bicyclic) bond motifs is 1. The van der Waals surface area contributed by atoms with Crippen LogP contribution in [0.5, 0.6) is 0 Å². The van der Waals surface area contributed by atoms with Gasteiger partial charge >= 0.3 is 250 Å². The number of rotatable bonds is 7. The Balaban J connectivity index is 1.52. The molecule has 4 aromatic carbocycles. The average Bonchev–Trinajstić information content (AvgIpc) is 3.24. The van der Waals surface area contributed by atoms with E-state index in [1.54, 1.807) is 0 Å². The number of ether oxygens (including phenoxy) is 2. The molecule has 0 unspecified atom stereocenters. The van der Waals surface area contributed by atoms with Crippen LogP contribution >= 0.6 is 14.3 Å². The first-order valence-electron chi connectivity index (χ1n) is 15.4. The summed E-state index contributed by atoms with van der Waals surface area (Å²) >= 11 is 0. The molecule has 2 nitrogen and oxygen atoms in total. The molecule has 0 radical (unpaired) electrons. The van der Waals surface area contributed by atoms with Crippen LogP contribution in [0.1, 0.15) is 26.7 Å². The van der Waals surface area contributed by atoms with Gasteiger partial charge in [0.2, 0.25) is 0 Å². The van der Waals surface area contributed by atoms with Crippen LogP contribution in [0.3, 0.4) is 0 Å². The Hall–Kier alpha value is -2.21. The normalized spacial score (nSPS) is 25.1. The summed E-state index contributed by atoms with van der Waals surface area (Å²) in [5, 5.41) is 6.14. The van der Waals surface area contributed by atoms with E-state index in [1.807, 2.05) is 0 Å². The van der Waals surface area contributed by atoms with E-state index < -0.39 is 20.1 Å². The van der Waals surface area contributed by atoms with Crippen molar-refractivity contribution in [1.82, 2.24) is 0 Å². The summed E-state index contributed by atoms with van der Waals surface area (Å²) < 4.78 is 13.2. The average molecular weight is 580 g/mol. The van der Waals surface area contributed by atoms with Gasteiger partial charge < -0.3 is 0 Å². The summed E-state index contributed by atoms with van der Waals surface area (Å²) in [6.45, 7) is 4.98. The second-order valence-corrected chi connectivity index (χ2v) is 21.6. The van der Waals surface area contributed by atoms with Crippen molar-refractivity contribution in [3.63, 3.8) is 0 Å². The van der Waals surface area contributed by atoms with Crippen molar-refractivity contribution in [2.45, 2.75) is 44.2 Å². The quantitative estimate of drug-likeness (QED) is 0.238.